The number of nitrogens with one attached hydrogen (secondary N) is 1. The Morgan fingerprint density at radius 1 is 1.29 bits per heavy atom. The molecule has 14 heavy (non-hydrogen) atoms. The van der Waals surface area contributed by atoms with E-state index in [2.05, 4.69) is 55.6 Å². The summed E-state index contributed by atoms with van der Waals surface area (Å²) >= 11 is 0. The molecule has 0 spiro atoms. The van der Waals surface area contributed by atoms with Gasteiger partial charge in [0.15, 0.2) is 0 Å². The first-order valence-corrected chi connectivity index (χ1v) is 5.28. The molecule has 0 aliphatic rings. The Labute approximate surface area is 86.8 Å². The Balaban J connectivity index is 2.28. The van der Waals surface area contributed by atoms with Crippen LogP contribution in [0.4, 0.5) is 0 Å². The zero-order valence-electron chi connectivity index (χ0n) is 9.03. The summed E-state index contributed by atoms with van der Waals surface area (Å²) in [7, 11) is 0. The van der Waals surface area contributed by atoms with E-state index in [-0.39, 0.29) is 0 Å². The summed E-state index contributed by atoms with van der Waals surface area (Å²) in [6.07, 6.45) is 5.50. The maximum absolute atomic E-state index is 3.42. The molecular weight excluding hydrogens is 170 g/mol. The fourth-order valence-electron chi connectivity index (χ4n) is 1.17. The fourth-order valence-corrected chi connectivity index (χ4v) is 1.17. The van der Waals surface area contributed by atoms with E-state index in [1.54, 1.807) is 0 Å². The van der Waals surface area contributed by atoms with Crippen LogP contribution in [0.1, 0.15) is 25.8 Å². The Kier molecular flexibility index (Phi) is 5.02. The Bertz CT molecular complexity index is 264. The van der Waals surface area contributed by atoms with Crippen molar-refractivity contribution in [3.63, 3.8) is 0 Å². The molecule has 0 aromatic heterocycles. The predicted molar refractivity (Wildman–Crippen MR) is 63.2 cm³/mol. The molecular formula is C13H19N. The lowest BCUT2D eigenvalue weighted by Crippen LogP contribution is -2.24. The van der Waals surface area contributed by atoms with Crippen molar-refractivity contribution in [1.29, 1.82) is 0 Å². The Hall–Kier alpha value is -1.08. The SMILES string of the molecule is CC[C@H](C)NC/C=C/c1ccccc1. The van der Waals surface area contributed by atoms with E-state index >= 15 is 0 Å². The van der Waals surface area contributed by atoms with E-state index in [0.717, 1.165) is 6.54 Å². The van der Waals surface area contributed by atoms with Crippen LogP contribution in [0, 0.1) is 0 Å². The van der Waals surface area contributed by atoms with Crippen LogP contribution in [0.15, 0.2) is 36.4 Å². The van der Waals surface area contributed by atoms with Crippen LogP contribution >= 0.6 is 0 Å². The summed E-state index contributed by atoms with van der Waals surface area (Å²) in [5, 5.41) is 3.42. The van der Waals surface area contributed by atoms with Crippen molar-refractivity contribution < 1.29 is 0 Å². The topological polar surface area (TPSA) is 12.0 Å². The van der Waals surface area contributed by atoms with Gasteiger partial charge in [0, 0.05) is 12.6 Å². The normalized spacial score (nSPS) is 13.3. The zero-order valence-corrected chi connectivity index (χ0v) is 9.03. The van der Waals surface area contributed by atoms with Crippen LogP contribution in [0.5, 0.6) is 0 Å². The third-order valence-corrected chi connectivity index (χ3v) is 2.31. The van der Waals surface area contributed by atoms with Crippen molar-refractivity contribution in [2.45, 2.75) is 26.3 Å². The van der Waals surface area contributed by atoms with Gasteiger partial charge in [-0.1, -0.05) is 49.4 Å². The molecule has 0 aliphatic carbocycles. The molecule has 1 nitrogen and oxygen atoms in total. The fraction of sp³-hybridized carbons (Fsp3) is 0.385. The molecule has 0 aliphatic heterocycles. The van der Waals surface area contributed by atoms with Crippen LogP contribution in [0.2, 0.25) is 0 Å². The standard InChI is InChI=1S/C13H19N/c1-3-12(2)14-11-7-10-13-8-5-4-6-9-13/h4-10,12,14H,3,11H2,1-2H3/b10-7+/t12-/m0/s1. The molecule has 1 rings (SSSR count). The molecule has 0 unspecified atom stereocenters. The first kappa shape index (κ1) is 11.0. The molecule has 76 valence electrons. The molecule has 0 heterocycles. The minimum absolute atomic E-state index is 0.607. The Morgan fingerprint density at radius 2 is 2.00 bits per heavy atom. The zero-order chi connectivity index (χ0) is 10.2. The quantitative estimate of drug-likeness (QED) is 0.750. The van der Waals surface area contributed by atoms with E-state index in [0.29, 0.717) is 6.04 Å². The first-order chi connectivity index (χ1) is 6.83. The van der Waals surface area contributed by atoms with Gasteiger partial charge in [-0.05, 0) is 18.9 Å². The molecule has 0 fully saturated rings. The van der Waals surface area contributed by atoms with Gasteiger partial charge in [-0.25, -0.2) is 0 Å². The minimum atomic E-state index is 0.607. The van der Waals surface area contributed by atoms with Crippen LogP contribution < -0.4 is 5.32 Å². The minimum Gasteiger partial charge on any atom is -0.311 e. The predicted octanol–water partition coefficient (Wildman–Crippen LogP) is 3.09. The van der Waals surface area contributed by atoms with Crippen LogP contribution in [-0.2, 0) is 0 Å². The molecule has 1 N–H and O–H groups in total. The molecule has 1 heteroatoms. The van der Waals surface area contributed by atoms with E-state index in [9.17, 15) is 0 Å². The lowest BCUT2D eigenvalue weighted by Gasteiger charge is -2.07. The van der Waals surface area contributed by atoms with Crippen molar-refractivity contribution in [2.24, 2.45) is 0 Å². The summed E-state index contributed by atoms with van der Waals surface area (Å²) in [5.41, 5.74) is 1.26. The van der Waals surface area contributed by atoms with Crippen molar-refractivity contribution in [1.82, 2.24) is 5.32 Å². The molecule has 1 atom stereocenters. The summed E-state index contributed by atoms with van der Waals surface area (Å²) < 4.78 is 0. The Morgan fingerprint density at radius 3 is 2.64 bits per heavy atom. The van der Waals surface area contributed by atoms with Gasteiger partial charge in [0.05, 0.1) is 0 Å². The second-order valence-electron chi connectivity index (χ2n) is 3.53. The second-order valence-corrected chi connectivity index (χ2v) is 3.53. The first-order valence-electron chi connectivity index (χ1n) is 5.28. The summed E-state index contributed by atoms with van der Waals surface area (Å²) in [6, 6.07) is 11.0. The van der Waals surface area contributed by atoms with Crippen molar-refractivity contribution in [3.8, 4) is 0 Å². The van der Waals surface area contributed by atoms with Gasteiger partial charge in [-0.3, -0.25) is 0 Å². The summed E-state index contributed by atoms with van der Waals surface area (Å²) in [5.74, 6) is 0. The molecule has 1 aromatic rings. The van der Waals surface area contributed by atoms with Crippen molar-refractivity contribution in [2.75, 3.05) is 6.54 Å². The lowest BCUT2D eigenvalue weighted by molar-refractivity contribution is 0.568. The molecule has 0 saturated heterocycles. The number of rotatable bonds is 5. The highest BCUT2D eigenvalue weighted by Gasteiger charge is 1.92. The van der Waals surface area contributed by atoms with Gasteiger partial charge in [-0.2, -0.15) is 0 Å². The van der Waals surface area contributed by atoms with Gasteiger partial charge in [0.2, 0.25) is 0 Å². The number of hydrogen-bond donors (Lipinski definition) is 1. The van der Waals surface area contributed by atoms with Crippen molar-refractivity contribution >= 4 is 6.08 Å². The molecule has 0 amide bonds. The largest absolute Gasteiger partial charge is 0.311 e. The van der Waals surface area contributed by atoms with Gasteiger partial charge in [0.1, 0.15) is 0 Å². The average Bonchev–Trinajstić information content (AvgIpc) is 2.25. The van der Waals surface area contributed by atoms with E-state index < -0.39 is 0 Å². The van der Waals surface area contributed by atoms with Gasteiger partial charge < -0.3 is 5.32 Å². The highest BCUT2D eigenvalue weighted by atomic mass is 14.9. The van der Waals surface area contributed by atoms with Gasteiger partial charge in [0.25, 0.3) is 0 Å². The highest BCUT2D eigenvalue weighted by Crippen LogP contribution is 2.00. The van der Waals surface area contributed by atoms with Gasteiger partial charge in [-0.15, -0.1) is 0 Å². The third kappa shape index (κ3) is 4.24. The molecule has 0 bridgehead atoms. The monoisotopic (exact) mass is 189 g/mol. The van der Waals surface area contributed by atoms with E-state index in [1.807, 2.05) is 6.07 Å². The smallest absolute Gasteiger partial charge is 0.0140 e. The summed E-state index contributed by atoms with van der Waals surface area (Å²) in [4.78, 5) is 0. The lowest BCUT2D eigenvalue weighted by atomic mass is 10.2. The molecule has 0 saturated carbocycles. The third-order valence-electron chi connectivity index (χ3n) is 2.31. The van der Waals surface area contributed by atoms with Crippen LogP contribution in [-0.4, -0.2) is 12.6 Å². The van der Waals surface area contributed by atoms with Gasteiger partial charge >= 0.3 is 0 Å². The highest BCUT2D eigenvalue weighted by molar-refractivity contribution is 5.48. The van der Waals surface area contributed by atoms with Crippen LogP contribution in [0.25, 0.3) is 6.08 Å². The summed E-state index contributed by atoms with van der Waals surface area (Å²) in [6.45, 7) is 5.35. The second kappa shape index (κ2) is 6.39. The molecule has 0 radical (unpaired) electrons. The van der Waals surface area contributed by atoms with Crippen LogP contribution in [0.3, 0.4) is 0 Å². The average molecular weight is 189 g/mol. The maximum atomic E-state index is 3.42. The maximum Gasteiger partial charge on any atom is 0.0140 e. The number of hydrogen-bond acceptors (Lipinski definition) is 1. The van der Waals surface area contributed by atoms with E-state index in [4.69, 9.17) is 0 Å². The number of benzene rings is 1. The van der Waals surface area contributed by atoms with E-state index in [1.165, 1.54) is 12.0 Å². The molecule has 1 aromatic carbocycles. The van der Waals surface area contributed by atoms with Crippen molar-refractivity contribution in [3.05, 3.63) is 42.0 Å².